The van der Waals surface area contributed by atoms with Crippen molar-refractivity contribution in [3.05, 3.63) is 23.8 Å². The van der Waals surface area contributed by atoms with Crippen molar-refractivity contribution in [3.8, 4) is 0 Å². The molecular formula is C31H60O4Si2. The van der Waals surface area contributed by atoms with Gasteiger partial charge in [0.2, 0.25) is 0 Å². The summed E-state index contributed by atoms with van der Waals surface area (Å²) in [6, 6.07) is 0. The van der Waals surface area contributed by atoms with Crippen molar-refractivity contribution in [2.45, 2.75) is 167 Å². The predicted molar refractivity (Wildman–Crippen MR) is 163 cm³/mol. The molecular weight excluding hydrogens is 493 g/mol. The van der Waals surface area contributed by atoms with Crippen LogP contribution in [0, 0.1) is 0 Å². The molecule has 0 N–H and O–H groups in total. The summed E-state index contributed by atoms with van der Waals surface area (Å²) in [6.07, 6.45) is 17.5. The van der Waals surface area contributed by atoms with E-state index in [1.54, 1.807) is 0 Å². The molecule has 1 aliphatic carbocycles. The lowest BCUT2D eigenvalue weighted by Gasteiger charge is -2.45. The summed E-state index contributed by atoms with van der Waals surface area (Å²) in [4.78, 5) is 0. The van der Waals surface area contributed by atoms with Gasteiger partial charge >= 0.3 is 0 Å². The highest BCUT2D eigenvalue weighted by atomic mass is 28.4. The maximum Gasteiger partial charge on any atom is 0.192 e. The summed E-state index contributed by atoms with van der Waals surface area (Å²) in [5, 5.41) is 0.432. The van der Waals surface area contributed by atoms with Gasteiger partial charge < -0.3 is 18.3 Å². The molecule has 0 aromatic heterocycles. The van der Waals surface area contributed by atoms with Gasteiger partial charge in [-0.05, 0) is 101 Å². The van der Waals surface area contributed by atoms with E-state index in [1.807, 2.05) is 0 Å². The fraction of sp³-hybridized carbons (Fsp3) is 0.871. The van der Waals surface area contributed by atoms with E-state index in [0.29, 0.717) is 0 Å². The molecule has 4 nitrogen and oxygen atoms in total. The zero-order valence-electron chi connectivity index (χ0n) is 26.2. The highest BCUT2D eigenvalue weighted by molar-refractivity contribution is 6.74. The van der Waals surface area contributed by atoms with Crippen molar-refractivity contribution in [2.75, 3.05) is 6.61 Å². The minimum absolute atomic E-state index is 0.0123. The van der Waals surface area contributed by atoms with Gasteiger partial charge in [0.05, 0.1) is 18.3 Å². The van der Waals surface area contributed by atoms with E-state index in [2.05, 4.69) is 92.9 Å². The standard InChI is InChI=1S/C31H60O4Si2/c1-25(33-29-20-16-17-21-32-29)18-14-12-13-15-19-26-22-27(34-36(8,9)30(2,3)4)24-28(23-26)35-37(10,11)31(5,6)7/h13,15,19,25,27-29H,12,14,16-18,20-24H2,1-11H3/b15-13+/t25-,27-,28-,29?/m1/s1. The van der Waals surface area contributed by atoms with Crippen LogP contribution < -0.4 is 0 Å². The number of hydrogen-bond donors (Lipinski definition) is 0. The molecule has 0 amide bonds. The highest BCUT2D eigenvalue weighted by Gasteiger charge is 2.43. The van der Waals surface area contributed by atoms with Crippen LogP contribution in [0.15, 0.2) is 23.8 Å². The first kappa shape index (κ1) is 33.0. The normalized spacial score (nSPS) is 25.5. The topological polar surface area (TPSA) is 36.9 Å². The summed E-state index contributed by atoms with van der Waals surface area (Å²) in [5.41, 5.74) is 1.47. The fourth-order valence-electron chi connectivity index (χ4n) is 4.60. The lowest BCUT2D eigenvalue weighted by Crippen LogP contribution is -2.48. The van der Waals surface area contributed by atoms with Crippen molar-refractivity contribution in [2.24, 2.45) is 0 Å². The molecule has 4 atom stereocenters. The van der Waals surface area contributed by atoms with Crippen LogP contribution in [-0.4, -0.2) is 47.8 Å². The van der Waals surface area contributed by atoms with Gasteiger partial charge in [0, 0.05) is 6.61 Å². The van der Waals surface area contributed by atoms with Crippen molar-refractivity contribution in [1.82, 2.24) is 0 Å². The summed E-state index contributed by atoms with van der Waals surface area (Å²) < 4.78 is 25.6. The van der Waals surface area contributed by atoms with E-state index in [-0.39, 0.29) is 34.7 Å². The quantitative estimate of drug-likeness (QED) is 0.189. The Morgan fingerprint density at radius 3 is 1.97 bits per heavy atom. The van der Waals surface area contributed by atoms with Crippen LogP contribution in [0.1, 0.15) is 106 Å². The largest absolute Gasteiger partial charge is 0.414 e. The fourth-order valence-corrected chi connectivity index (χ4v) is 7.33. The molecule has 6 heteroatoms. The van der Waals surface area contributed by atoms with E-state index in [1.165, 1.54) is 18.4 Å². The van der Waals surface area contributed by atoms with Crippen LogP contribution >= 0.6 is 0 Å². The third-order valence-electron chi connectivity index (χ3n) is 9.01. The molecule has 1 aliphatic heterocycles. The van der Waals surface area contributed by atoms with Crippen LogP contribution in [0.5, 0.6) is 0 Å². The monoisotopic (exact) mass is 552 g/mol. The zero-order chi connectivity index (χ0) is 27.9. The Morgan fingerprint density at radius 2 is 1.49 bits per heavy atom. The van der Waals surface area contributed by atoms with E-state index >= 15 is 0 Å². The molecule has 0 bridgehead atoms. The Labute approximate surface area is 232 Å². The first-order chi connectivity index (χ1) is 17.0. The summed E-state index contributed by atoms with van der Waals surface area (Å²) in [5.74, 6) is 0. The molecule has 1 unspecified atom stereocenters. The predicted octanol–water partition coefficient (Wildman–Crippen LogP) is 9.54. The number of hydrogen-bond acceptors (Lipinski definition) is 4. The lowest BCUT2D eigenvalue weighted by molar-refractivity contribution is -0.185. The van der Waals surface area contributed by atoms with Gasteiger partial charge in [0.15, 0.2) is 22.9 Å². The zero-order valence-corrected chi connectivity index (χ0v) is 28.2. The molecule has 0 radical (unpaired) electrons. The van der Waals surface area contributed by atoms with E-state index < -0.39 is 16.6 Å². The smallest absolute Gasteiger partial charge is 0.192 e. The van der Waals surface area contributed by atoms with Gasteiger partial charge in [-0.1, -0.05) is 65.3 Å². The van der Waals surface area contributed by atoms with Gasteiger partial charge in [-0.15, -0.1) is 0 Å². The van der Waals surface area contributed by atoms with E-state index in [9.17, 15) is 0 Å². The molecule has 2 rings (SSSR count). The third-order valence-corrected chi connectivity index (χ3v) is 18.1. The minimum atomic E-state index is -1.83. The second-order valence-corrected chi connectivity index (χ2v) is 24.1. The van der Waals surface area contributed by atoms with Crippen LogP contribution in [0.2, 0.25) is 36.3 Å². The molecule has 0 aromatic rings. The number of unbranched alkanes of at least 4 members (excludes halogenated alkanes) is 1. The second-order valence-electron chi connectivity index (χ2n) is 14.6. The number of allylic oxidation sites excluding steroid dienone is 3. The molecule has 2 fully saturated rings. The SMILES string of the molecule is C[C@H](CCC/C=C/C=C1C[C@@H](O[Si](C)(C)C(C)(C)C)C[C@H](O[Si](C)(C)C(C)(C)C)C1)OC1CCCCO1. The summed E-state index contributed by atoms with van der Waals surface area (Å²) in [7, 11) is -3.67. The number of ether oxygens (including phenoxy) is 2. The maximum atomic E-state index is 6.92. The van der Waals surface area contributed by atoms with Crippen molar-refractivity contribution >= 4 is 16.6 Å². The lowest BCUT2D eigenvalue weighted by atomic mass is 9.90. The van der Waals surface area contributed by atoms with Gasteiger partial charge in [-0.25, -0.2) is 0 Å². The molecule has 0 aromatic carbocycles. The first-order valence-corrected chi connectivity index (χ1v) is 20.8. The van der Waals surface area contributed by atoms with Crippen LogP contribution in [-0.2, 0) is 18.3 Å². The van der Waals surface area contributed by atoms with Crippen LogP contribution in [0.3, 0.4) is 0 Å². The van der Waals surface area contributed by atoms with Gasteiger partial charge in [0.25, 0.3) is 0 Å². The Balaban J connectivity index is 1.95. The molecule has 1 saturated heterocycles. The summed E-state index contributed by atoms with van der Waals surface area (Å²) in [6.45, 7) is 26.5. The molecule has 1 heterocycles. The summed E-state index contributed by atoms with van der Waals surface area (Å²) >= 11 is 0. The maximum absolute atomic E-state index is 6.92. The first-order valence-electron chi connectivity index (χ1n) is 15.0. The number of rotatable bonds is 11. The Bertz CT molecular complexity index is 701. The van der Waals surface area contributed by atoms with Crippen LogP contribution in [0.4, 0.5) is 0 Å². The van der Waals surface area contributed by atoms with E-state index in [4.69, 9.17) is 18.3 Å². The third kappa shape index (κ3) is 11.0. The Kier molecular flexibility index (Phi) is 12.4. The molecule has 0 spiro atoms. The van der Waals surface area contributed by atoms with Crippen LogP contribution in [0.25, 0.3) is 0 Å². The molecule has 216 valence electrons. The van der Waals surface area contributed by atoms with Gasteiger partial charge in [0.1, 0.15) is 0 Å². The average molecular weight is 553 g/mol. The molecule has 1 saturated carbocycles. The molecule has 37 heavy (non-hydrogen) atoms. The Morgan fingerprint density at radius 1 is 0.919 bits per heavy atom. The molecule has 2 aliphatic rings. The highest BCUT2D eigenvalue weighted by Crippen LogP contribution is 2.43. The van der Waals surface area contributed by atoms with Crippen molar-refractivity contribution in [1.29, 1.82) is 0 Å². The van der Waals surface area contributed by atoms with Crippen molar-refractivity contribution < 1.29 is 18.3 Å². The van der Waals surface area contributed by atoms with Gasteiger partial charge in [-0.3, -0.25) is 0 Å². The van der Waals surface area contributed by atoms with E-state index in [0.717, 1.165) is 51.6 Å². The minimum Gasteiger partial charge on any atom is -0.414 e. The Hall–Kier alpha value is -0.246. The van der Waals surface area contributed by atoms with Crippen molar-refractivity contribution in [3.63, 3.8) is 0 Å². The average Bonchev–Trinajstić information content (AvgIpc) is 2.74. The second kappa shape index (κ2) is 13.9. The van der Waals surface area contributed by atoms with Gasteiger partial charge in [-0.2, -0.15) is 0 Å².